The average molecular weight is 272 g/mol. The molecule has 18 heavy (non-hydrogen) atoms. The summed E-state index contributed by atoms with van der Waals surface area (Å²) in [6, 6.07) is 4.04. The predicted octanol–water partition coefficient (Wildman–Crippen LogP) is 1.07. The number of benzene rings is 1. The number of rotatable bonds is 1. The third-order valence-corrected chi connectivity index (χ3v) is 4.48. The van der Waals surface area contributed by atoms with Crippen LogP contribution in [0.2, 0.25) is 0 Å². The van der Waals surface area contributed by atoms with Crippen molar-refractivity contribution >= 4 is 15.5 Å². The van der Waals surface area contributed by atoms with Gasteiger partial charge in [0.2, 0.25) is 0 Å². The molecular weight excluding hydrogens is 262 g/mol. The third kappa shape index (κ3) is 2.29. The van der Waals surface area contributed by atoms with Crippen LogP contribution in [0.4, 0.5) is 14.5 Å². The molecule has 0 spiro atoms. The lowest BCUT2D eigenvalue weighted by atomic mass is 10.2. The molecule has 0 aromatic heterocycles. The van der Waals surface area contributed by atoms with Crippen LogP contribution in [0.1, 0.15) is 5.56 Å². The predicted molar refractivity (Wildman–Crippen MR) is 61.9 cm³/mol. The summed E-state index contributed by atoms with van der Waals surface area (Å²) in [5.74, 6) is -2.45. The Hall–Kier alpha value is -1.68. The van der Waals surface area contributed by atoms with Crippen molar-refractivity contribution in [2.75, 3.05) is 29.5 Å². The first-order valence-corrected chi connectivity index (χ1v) is 7.10. The second-order valence-corrected chi connectivity index (χ2v) is 6.31. The maximum atomic E-state index is 13.7. The van der Waals surface area contributed by atoms with Crippen LogP contribution in [-0.2, 0) is 9.84 Å². The van der Waals surface area contributed by atoms with Gasteiger partial charge in [0.05, 0.1) is 22.8 Å². The first-order chi connectivity index (χ1) is 8.44. The molecule has 0 saturated carbocycles. The Morgan fingerprint density at radius 1 is 1.17 bits per heavy atom. The van der Waals surface area contributed by atoms with Gasteiger partial charge in [-0.15, -0.1) is 0 Å². The van der Waals surface area contributed by atoms with Crippen LogP contribution >= 0.6 is 0 Å². The lowest BCUT2D eigenvalue weighted by Gasteiger charge is -2.29. The molecule has 1 aromatic rings. The van der Waals surface area contributed by atoms with E-state index in [1.54, 1.807) is 6.07 Å². The Kier molecular flexibility index (Phi) is 3.22. The maximum Gasteiger partial charge on any atom is 0.183 e. The maximum absolute atomic E-state index is 13.7. The van der Waals surface area contributed by atoms with E-state index in [9.17, 15) is 17.2 Å². The van der Waals surface area contributed by atoms with Crippen LogP contribution in [0.3, 0.4) is 0 Å². The molecule has 0 radical (unpaired) electrons. The largest absolute Gasteiger partial charge is 0.367 e. The number of nitriles is 1. The van der Waals surface area contributed by atoms with Gasteiger partial charge in [-0.3, -0.25) is 0 Å². The molecule has 0 aliphatic carbocycles. The summed E-state index contributed by atoms with van der Waals surface area (Å²) in [6.07, 6.45) is 0. The summed E-state index contributed by atoms with van der Waals surface area (Å²) < 4.78 is 49.6. The van der Waals surface area contributed by atoms with Gasteiger partial charge in [0.1, 0.15) is 6.07 Å². The molecule has 2 rings (SSSR count). The second kappa shape index (κ2) is 4.53. The quantitative estimate of drug-likeness (QED) is 0.767. The molecule has 7 heteroatoms. The molecule has 0 bridgehead atoms. The average Bonchev–Trinajstić information content (AvgIpc) is 2.33. The number of hydrogen-bond acceptors (Lipinski definition) is 4. The Morgan fingerprint density at radius 2 is 1.78 bits per heavy atom. The van der Waals surface area contributed by atoms with Crippen molar-refractivity contribution < 1.29 is 17.2 Å². The van der Waals surface area contributed by atoms with Crippen molar-refractivity contribution in [1.29, 1.82) is 5.26 Å². The smallest absolute Gasteiger partial charge is 0.183 e. The van der Waals surface area contributed by atoms with Gasteiger partial charge in [0, 0.05) is 13.1 Å². The van der Waals surface area contributed by atoms with Crippen LogP contribution in [0.5, 0.6) is 0 Å². The van der Waals surface area contributed by atoms with E-state index in [0.29, 0.717) is 0 Å². The molecule has 0 amide bonds. The minimum Gasteiger partial charge on any atom is -0.367 e. The van der Waals surface area contributed by atoms with Gasteiger partial charge < -0.3 is 4.90 Å². The zero-order valence-electron chi connectivity index (χ0n) is 9.36. The Morgan fingerprint density at radius 3 is 2.33 bits per heavy atom. The molecule has 4 nitrogen and oxygen atoms in total. The first-order valence-electron chi connectivity index (χ1n) is 5.28. The normalized spacial score (nSPS) is 18.4. The fourth-order valence-corrected chi connectivity index (χ4v) is 3.02. The summed E-state index contributed by atoms with van der Waals surface area (Å²) in [5, 5.41) is 8.56. The van der Waals surface area contributed by atoms with Crippen molar-refractivity contribution in [3.8, 4) is 6.07 Å². The highest BCUT2D eigenvalue weighted by molar-refractivity contribution is 7.91. The standard InChI is InChI=1S/C11H10F2N2O2S/c12-10-8(7-14)1-2-9(11(10)13)15-3-5-18(16,17)6-4-15/h1-2H,3-6H2. The molecule has 1 fully saturated rings. The van der Waals surface area contributed by atoms with Crippen LogP contribution in [0, 0.1) is 23.0 Å². The minimum absolute atomic E-state index is 0.00130. The highest BCUT2D eigenvalue weighted by Crippen LogP contribution is 2.25. The summed E-state index contributed by atoms with van der Waals surface area (Å²) in [7, 11) is -3.07. The Labute approximate surface area is 103 Å². The molecule has 1 saturated heterocycles. The van der Waals surface area contributed by atoms with Gasteiger partial charge in [-0.2, -0.15) is 5.26 Å². The molecule has 1 aromatic carbocycles. The van der Waals surface area contributed by atoms with Crippen LogP contribution in [0.15, 0.2) is 12.1 Å². The Balaban J connectivity index is 2.31. The van der Waals surface area contributed by atoms with E-state index in [4.69, 9.17) is 5.26 Å². The summed E-state index contributed by atoms with van der Waals surface area (Å²) in [6.45, 7) is 0.259. The molecule has 1 heterocycles. The van der Waals surface area contributed by atoms with Gasteiger partial charge >= 0.3 is 0 Å². The van der Waals surface area contributed by atoms with E-state index in [0.717, 1.165) is 0 Å². The molecule has 0 N–H and O–H groups in total. The van der Waals surface area contributed by atoms with Crippen LogP contribution in [0.25, 0.3) is 0 Å². The first kappa shape index (κ1) is 12.8. The van der Waals surface area contributed by atoms with Crippen molar-refractivity contribution in [1.82, 2.24) is 0 Å². The van der Waals surface area contributed by atoms with E-state index < -0.39 is 21.5 Å². The lowest BCUT2D eigenvalue weighted by Crippen LogP contribution is -2.40. The van der Waals surface area contributed by atoms with Crippen LogP contribution < -0.4 is 4.90 Å². The van der Waals surface area contributed by atoms with E-state index in [1.165, 1.54) is 17.0 Å². The number of sulfone groups is 1. The van der Waals surface area contributed by atoms with E-state index >= 15 is 0 Å². The number of hydrogen-bond donors (Lipinski definition) is 0. The van der Waals surface area contributed by atoms with Gasteiger partial charge in [-0.25, -0.2) is 17.2 Å². The highest BCUT2D eigenvalue weighted by atomic mass is 32.2. The van der Waals surface area contributed by atoms with E-state index in [2.05, 4.69) is 0 Å². The van der Waals surface area contributed by atoms with Gasteiger partial charge in [-0.1, -0.05) is 0 Å². The van der Waals surface area contributed by atoms with Gasteiger partial charge in [0.25, 0.3) is 0 Å². The van der Waals surface area contributed by atoms with Crippen molar-refractivity contribution in [2.24, 2.45) is 0 Å². The van der Waals surface area contributed by atoms with Crippen molar-refractivity contribution in [3.63, 3.8) is 0 Å². The topological polar surface area (TPSA) is 61.2 Å². The lowest BCUT2D eigenvalue weighted by molar-refractivity contribution is 0.503. The van der Waals surface area contributed by atoms with E-state index in [-0.39, 0.29) is 35.8 Å². The van der Waals surface area contributed by atoms with Crippen molar-refractivity contribution in [2.45, 2.75) is 0 Å². The van der Waals surface area contributed by atoms with Crippen LogP contribution in [-0.4, -0.2) is 33.0 Å². The SMILES string of the molecule is N#Cc1ccc(N2CCS(=O)(=O)CC2)c(F)c1F. The highest BCUT2D eigenvalue weighted by Gasteiger charge is 2.25. The fourth-order valence-electron chi connectivity index (χ4n) is 1.82. The minimum atomic E-state index is -3.07. The molecule has 1 aliphatic rings. The number of anilines is 1. The fraction of sp³-hybridized carbons (Fsp3) is 0.364. The van der Waals surface area contributed by atoms with Gasteiger partial charge in [0.15, 0.2) is 21.5 Å². The molecule has 0 atom stereocenters. The monoisotopic (exact) mass is 272 g/mol. The molecule has 1 aliphatic heterocycles. The van der Waals surface area contributed by atoms with Gasteiger partial charge in [-0.05, 0) is 12.1 Å². The number of nitrogens with zero attached hydrogens (tertiary/aromatic N) is 2. The summed E-state index contributed by atoms with van der Waals surface area (Å²) in [4.78, 5) is 1.47. The second-order valence-electron chi connectivity index (χ2n) is 4.01. The molecule has 0 unspecified atom stereocenters. The summed E-state index contributed by atoms with van der Waals surface area (Å²) >= 11 is 0. The zero-order chi connectivity index (χ0) is 13.3. The zero-order valence-corrected chi connectivity index (χ0v) is 10.2. The molecular formula is C11H10F2N2O2S. The Bertz CT molecular complexity index is 609. The molecule has 96 valence electrons. The summed E-state index contributed by atoms with van der Waals surface area (Å²) in [5.41, 5.74) is -0.359. The van der Waals surface area contributed by atoms with Crippen molar-refractivity contribution in [3.05, 3.63) is 29.3 Å². The van der Waals surface area contributed by atoms with E-state index in [1.807, 2.05) is 0 Å². The third-order valence-electron chi connectivity index (χ3n) is 2.87. The number of halogens is 2.